The number of ketones is 1. The Bertz CT molecular complexity index is 478. The predicted octanol–water partition coefficient (Wildman–Crippen LogP) is 3.05. The van der Waals surface area contributed by atoms with E-state index in [1.54, 1.807) is 0 Å². The van der Waals surface area contributed by atoms with Crippen LogP contribution in [0.2, 0.25) is 5.02 Å². The molecule has 1 rings (SSSR count). The van der Waals surface area contributed by atoms with Crippen LogP contribution in [0.5, 0.6) is 5.75 Å². The number of halogens is 3. The molecule has 92 valence electrons. The van der Waals surface area contributed by atoms with Gasteiger partial charge < -0.3 is 4.74 Å². The number of rotatable bonds is 4. The zero-order valence-electron chi connectivity index (χ0n) is 8.45. The Morgan fingerprint density at radius 1 is 1.53 bits per heavy atom. The first kappa shape index (κ1) is 13.3. The number of Topliss-reactive ketones (excluding diaryl/α,β-unsaturated/α-hetero) is 1. The highest BCUT2D eigenvalue weighted by Crippen LogP contribution is 2.37. The van der Waals surface area contributed by atoms with Crippen LogP contribution >= 0.6 is 11.6 Å². The Morgan fingerprint density at radius 3 is 2.53 bits per heavy atom. The highest BCUT2D eigenvalue weighted by molar-refractivity contribution is 6.34. The standard InChI is InChI=1S/C9H6ClF2NO4/c1-4(14)5-2-3-6(13(15)16)7(10)8(5)17-9(11)12/h2-3,9H,1H3. The zero-order chi connectivity index (χ0) is 13.2. The number of nitrogens with zero attached hydrogens (tertiary/aromatic N) is 1. The molecule has 0 radical (unpaired) electrons. The fraction of sp³-hybridized carbons (Fsp3) is 0.222. The first-order valence-electron chi connectivity index (χ1n) is 4.27. The molecule has 0 heterocycles. The monoisotopic (exact) mass is 265 g/mol. The van der Waals surface area contributed by atoms with Crippen LogP contribution in [-0.2, 0) is 0 Å². The number of nitro benzene ring substituents is 1. The molecule has 1 aromatic rings. The minimum atomic E-state index is -3.23. The van der Waals surface area contributed by atoms with Crippen molar-refractivity contribution in [2.45, 2.75) is 13.5 Å². The summed E-state index contributed by atoms with van der Waals surface area (Å²) in [7, 11) is 0. The van der Waals surface area contributed by atoms with Gasteiger partial charge in [0.1, 0.15) is 0 Å². The van der Waals surface area contributed by atoms with Gasteiger partial charge in [0.25, 0.3) is 5.69 Å². The predicted molar refractivity (Wildman–Crippen MR) is 54.7 cm³/mol. The Kier molecular flexibility index (Phi) is 3.95. The second-order valence-corrected chi connectivity index (χ2v) is 3.35. The van der Waals surface area contributed by atoms with E-state index < -0.39 is 33.8 Å². The maximum Gasteiger partial charge on any atom is 0.387 e. The van der Waals surface area contributed by atoms with Gasteiger partial charge in [0.15, 0.2) is 16.6 Å². The van der Waals surface area contributed by atoms with Gasteiger partial charge in [0.2, 0.25) is 0 Å². The molecule has 0 aliphatic rings. The third-order valence-corrected chi connectivity index (χ3v) is 2.22. The largest absolute Gasteiger partial charge is 0.432 e. The topological polar surface area (TPSA) is 69.4 Å². The molecule has 0 atom stereocenters. The molecule has 0 fully saturated rings. The lowest BCUT2D eigenvalue weighted by molar-refractivity contribution is -0.384. The van der Waals surface area contributed by atoms with Crippen molar-refractivity contribution in [2.75, 3.05) is 0 Å². The summed E-state index contributed by atoms with van der Waals surface area (Å²) in [6, 6.07) is 1.97. The van der Waals surface area contributed by atoms with Crippen molar-refractivity contribution in [1.82, 2.24) is 0 Å². The SMILES string of the molecule is CC(=O)c1ccc([N+](=O)[O-])c(Cl)c1OC(F)F. The number of ether oxygens (including phenoxy) is 1. The molecule has 0 aliphatic heterocycles. The Morgan fingerprint density at radius 2 is 2.12 bits per heavy atom. The van der Waals surface area contributed by atoms with Gasteiger partial charge in [0.05, 0.1) is 10.5 Å². The summed E-state index contributed by atoms with van der Waals surface area (Å²) in [6.07, 6.45) is 0. The summed E-state index contributed by atoms with van der Waals surface area (Å²) >= 11 is 5.54. The Labute approximate surface area is 99.1 Å². The van der Waals surface area contributed by atoms with Gasteiger partial charge in [0, 0.05) is 6.07 Å². The molecule has 0 aliphatic carbocycles. The van der Waals surface area contributed by atoms with E-state index in [0.29, 0.717) is 0 Å². The first-order chi connectivity index (χ1) is 7.84. The zero-order valence-corrected chi connectivity index (χ0v) is 9.20. The summed E-state index contributed by atoms with van der Waals surface area (Å²) in [5.74, 6) is -1.26. The summed E-state index contributed by atoms with van der Waals surface area (Å²) in [6.45, 7) is -2.12. The smallest absolute Gasteiger partial charge is 0.387 e. The van der Waals surface area contributed by atoms with Gasteiger partial charge in [-0.05, 0) is 13.0 Å². The maximum absolute atomic E-state index is 12.1. The molecular weight excluding hydrogens is 260 g/mol. The Hall–Kier alpha value is -1.76. The second-order valence-electron chi connectivity index (χ2n) is 2.97. The minimum absolute atomic E-state index is 0.235. The lowest BCUT2D eigenvalue weighted by Crippen LogP contribution is -2.08. The average Bonchev–Trinajstić information content (AvgIpc) is 2.19. The number of benzene rings is 1. The van der Waals surface area contributed by atoms with Crippen molar-refractivity contribution in [3.63, 3.8) is 0 Å². The maximum atomic E-state index is 12.1. The summed E-state index contributed by atoms with van der Waals surface area (Å²) in [5, 5.41) is 9.91. The third kappa shape index (κ3) is 2.88. The Balaban J connectivity index is 3.41. The van der Waals surface area contributed by atoms with Crippen LogP contribution in [0.15, 0.2) is 12.1 Å². The first-order valence-corrected chi connectivity index (χ1v) is 4.65. The van der Waals surface area contributed by atoms with E-state index in [4.69, 9.17) is 11.6 Å². The van der Waals surface area contributed by atoms with Gasteiger partial charge in [-0.2, -0.15) is 8.78 Å². The van der Waals surface area contributed by atoms with E-state index in [2.05, 4.69) is 4.74 Å². The molecule has 0 aromatic heterocycles. The molecule has 1 aromatic carbocycles. The van der Waals surface area contributed by atoms with E-state index in [0.717, 1.165) is 19.1 Å². The van der Waals surface area contributed by atoms with E-state index in [-0.39, 0.29) is 5.56 Å². The van der Waals surface area contributed by atoms with E-state index in [1.807, 2.05) is 0 Å². The lowest BCUT2D eigenvalue weighted by atomic mass is 10.1. The molecule has 0 saturated carbocycles. The molecule has 0 unspecified atom stereocenters. The molecule has 17 heavy (non-hydrogen) atoms. The molecular formula is C9H6ClF2NO4. The fourth-order valence-corrected chi connectivity index (χ4v) is 1.45. The van der Waals surface area contributed by atoms with Crippen molar-refractivity contribution in [1.29, 1.82) is 0 Å². The van der Waals surface area contributed by atoms with Gasteiger partial charge >= 0.3 is 6.61 Å². The van der Waals surface area contributed by atoms with Crippen molar-refractivity contribution in [3.8, 4) is 5.75 Å². The van der Waals surface area contributed by atoms with Crippen molar-refractivity contribution in [3.05, 3.63) is 32.8 Å². The van der Waals surface area contributed by atoms with E-state index in [9.17, 15) is 23.7 Å². The quantitative estimate of drug-likeness (QED) is 0.477. The van der Waals surface area contributed by atoms with Crippen molar-refractivity contribution >= 4 is 23.1 Å². The van der Waals surface area contributed by atoms with Crippen LogP contribution < -0.4 is 4.74 Å². The summed E-state index contributed by atoms with van der Waals surface area (Å²) in [5.41, 5.74) is -0.840. The number of hydrogen-bond donors (Lipinski definition) is 0. The molecule has 0 N–H and O–H groups in total. The average molecular weight is 266 g/mol. The number of nitro groups is 1. The van der Waals surface area contributed by atoms with Gasteiger partial charge in [-0.3, -0.25) is 14.9 Å². The van der Waals surface area contributed by atoms with Crippen LogP contribution in [-0.4, -0.2) is 17.3 Å². The summed E-state index contributed by atoms with van der Waals surface area (Å²) in [4.78, 5) is 20.8. The summed E-state index contributed by atoms with van der Waals surface area (Å²) < 4.78 is 28.3. The van der Waals surface area contributed by atoms with Gasteiger partial charge in [-0.15, -0.1) is 0 Å². The number of alkyl halides is 2. The second kappa shape index (κ2) is 5.05. The molecule has 0 bridgehead atoms. The minimum Gasteiger partial charge on any atom is -0.432 e. The number of hydrogen-bond acceptors (Lipinski definition) is 4. The third-order valence-electron chi connectivity index (χ3n) is 1.86. The van der Waals surface area contributed by atoms with Gasteiger partial charge in [-0.25, -0.2) is 0 Å². The number of carbonyl (C=O) groups is 1. The van der Waals surface area contributed by atoms with E-state index in [1.165, 1.54) is 0 Å². The van der Waals surface area contributed by atoms with E-state index >= 15 is 0 Å². The molecule has 0 saturated heterocycles. The lowest BCUT2D eigenvalue weighted by Gasteiger charge is -2.10. The van der Waals surface area contributed by atoms with Crippen LogP contribution in [0.1, 0.15) is 17.3 Å². The number of carbonyl (C=O) groups excluding carboxylic acids is 1. The molecule has 5 nitrogen and oxygen atoms in total. The van der Waals surface area contributed by atoms with Crippen molar-refractivity contribution in [2.24, 2.45) is 0 Å². The molecule has 0 amide bonds. The van der Waals surface area contributed by atoms with Gasteiger partial charge in [-0.1, -0.05) is 11.6 Å². The van der Waals surface area contributed by atoms with Crippen LogP contribution in [0.3, 0.4) is 0 Å². The molecule has 0 spiro atoms. The highest BCUT2D eigenvalue weighted by atomic mass is 35.5. The molecule has 8 heteroatoms. The van der Waals surface area contributed by atoms with Crippen LogP contribution in [0, 0.1) is 10.1 Å². The van der Waals surface area contributed by atoms with Crippen molar-refractivity contribution < 1.29 is 23.2 Å². The van der Waals surface area contributed by atoms with Crippen LogP contribution in [0.25, 0.3) is 0 Å². The highest BCUT2D eigenvalue weighted by Gasteiger charge is 2.24. The van der Waals surface area contributed by atoms with Crippen LogP contribution in [0.4, 0.5) is 14.5 Å². The normalized spacial score (nSPS) is 10.4. The fourth-order valence-electron chi connectivity index (χ4n) is 1.17.